The number of nitrogens with zero attached hydrogens (tertiary/aromatic N) is 2. The van der Waals surface area contributed by atoms with E-state index in [1.807, 2.05) is 13.8 Å². The van der Waals surface area contributed by atoms with Crippen molar-refractivity contribution in [1.82, 2.24) is 9.88 Å². The van der Waals surface area contributed by atoms with E-state index >= 15 is 0 Å². The zero-order valence-corrected chi connectivity index (χ0v) is 11.2. The van der Waals surface area contributed by atoms with Crippen LogP contribution in [-0.2, 0) is 4.79 Å². The minimum Gasteiger partial charge on any atom is -0.481 e. The van der Waals surface area contributed by atoms with Crippen molar-refractivity contribution in [3.05, 3.63) is 29.6 Å². The van der Waals surface area contributed by atoms with Crippen LogP contribution in [0.4, 0.5) is 0 Å². The number of aliphatic carboxylic acids is 1. The molecule has 1 aliphatic rings. The molecular weight excluding hydrogens is 244 g/mol. The normalized spacial score (nSPS) is 23.2. The monoisotopic (exact) mass is 262 g/mol. The van der Waals surface area contributed by atoms with Gasteiger partial charge in [0.25, 0.3) is 5.91 Å². The molecule has 0 saturated carbocycles. The van der Waals surface area contributed by atoms with Gasteiger partial charge in [0.1, 0.15) is 0 Å². The summed E-state index contributed by atoms with van der Waals surface area (Å²) in [5.41, 5.74) is 1.37. The molecular formula is C14H18N2O3. The first kappa shape index (κ1) is 13.5. The number of carboxylic acid groups (broad SMARTS) is 1. The Hall–Kier alpha value is -1.91. The van der Waals surface area contributed by atoms with Crippen molar-refractivity contribution in [2.24, 2.45) is 5.92 Å². The highest BCUT2D eigenvalue weighted by Crippen LogP contribution is 2.23. The van der Waals surface area contributed by atoms with Gasteiger partial charge in [0.05, 0.1) is 11.5 Å². The van der Waals surface area contributed by atoms with E-state index < -0.39 is 11.9 Å². The Bertz CT molecular complexity index is 484. The number of rotatable bonds is 2. The zero-order valence-electron chi connectivity index (χ0n) is 11.2. The lowest BCUT2D eigenvalue weighted by Crippen LogP contribution is -2.47. The number of piperidine rings is 1. The van der Waals surface area contributed by atoms with Crippen LogP contribution in [-0.4, -0.2) is 39.5 Å². The maximum atomic E-state index is 12.4. The predicted molar refractivity (Wildman–Crippen MR) is 69.8 cm³/mol. The molecule has 2 unspecified atom stereocenters. The van der Waals surface area contributed by atoms with Crippen molar-refractivity contribution in [2.75, 3.05) is 6.54 Å². The predicted octanol–water partition coefficient (Wildman–Crippen LogP) is 1.72. The summed E-state index contributed by atoms with van der Waals surface area (Å²) in [7, 11) is 0. The van der Waals surface area contributed by atoms with Crippen LogP contribution in [0.5, 0.6) is 0 Å². The summed E-state index contributed by atoms with van der Waals surface area (Å²) in [6.07, 6.45) is 2.91. The lowest BCUT2D eigenvalue weighted by molar-refractivity contribution is -0.143. The van der Waals surface area contributed by atoms with Crippen molar-refractivity contribution in [1.29, 1.82) is 0 Å². The van der Waals surface area contributed by atoms with Gasteiger partial charge in [-0.05, 0) is 38.8 Å². The maximum Gasteiger partial charge on any atom is 0.308 e. The van der Waals surface area contributed by atoms with E-state index in [9.17, 15) is 9.59 Å². The van der Waals surface area contributed by atoms with Gasteiger partial charge in [0, 0.05) is 24.5 Å². The van der Waals surface area contributed by atoms with E-state index in [0.717, 1.165) is 12.1 Å². The molecule has 1 fully saturated rings. The van der Waals surface area contributed by atoms with Gasteiger partial charge in [-0.25, -0.2) is 0 Å². The van der Waals surface area contributed by atoms with Gasteiger partial charge in [-0.2, -0.15) is 0 Å². The number of likely N-dealkylation sites (tertiary alicyclic amines) is 1. The summed E-state index contributed by atoms with van der Waals surface area (Å²) >= 11 is 0. The van der Waals surface area contributed by atoms with Crippen LogP contribution in [0, 0.1) is 12.8 Å². The van der Waals surface area contributed by atoms with E-state index in [-0.39, 0.29) is 18.5 Å². The number of amides is 1. The van der Waals surface area contributed by atoms with Crippen molar-refractivity contribution in [2.45, 2.75) is 32.7 Å². The number of pyridine rings is 1. The van der Waals surface area contributed by atoms with Crippen molar-refractivity contribution < 1.29 is 14.7 Å². The molecule has 0 spiro atoms. The van der Waals surface area contributed by atoms with Gasteiger partial charge in [-0.3, -0.25) is 14.6 Å². The molecule has 102 valence electrons. The molecule has 1 N–H and O–H groups in total. The highest BCUT2D eigenvalue weighted by molar-refractivity contribution is 5.94. The molecule has 1 aliphatic heterocycles. The molecule has 0 bridgehead atoms. The van der Waals surface area contributed by atoms with E-state index in [2.05, 4.69) is 4.98 Å². The van der Waals surface area contributed by atoms with Crippen LogP contribution in [0.2, 0.25) is 0 Å². The molecule has 1 amide bonds. The van der Waals surface area contributed by atoms with Crippen LogP contribution in [0.25, 0.3) is 0 Å². The van der Waals surface area contributed by atoms with E-state index in [4.69, 9.17) is 5.11 Å². The van der Waals surface area contributed by atoms with Gasteiger partial charge >= 0.3 is 5.97 Å². The lowest BCUT2D eigenvalue weighted by Gasteiger charge is -2.36. The second kappa shape index (κ2) is 5.38. The molecule has 0 aromatic carbocycles. The van der Waals surface area contributed by atoms with Crippen molar-refractivity contribution in [3.8, 4) is 0 Å². The first-order chi connectivity index (χ1) is 8.99. The van der Waals surface area contributed by atoms with Gasteiger partial charge in [0.2, 0.25) is 0 Å². The van der Waals surface area contributed by atoms with Crippen LogP contribution >= 0.6 is 0 Å². The molecule has 5 nitrogen and oxygen atoms in total. The summed E-state index contributed by atoms with van der Waals surface area (Å²) in [5.74, 6) is -1.42. The number of hydrogen-bond acceptors (Lipinski definition) is 3. The van der Waals surface area contributed by atoms with Crippen LogP contribution in [0.15, 0.2) is 18.3 Å². The van der Waals surface area contributed by atoms with Gasteiger partial charge in [-0.1, -0.05) is 0 Å². The number of carbonyl (C=O) groups is 2. The number of aryl methyl sites for hydroxylation is 1. The summed E-state index contributed by atoms with van der Waals surface area (Å²) in [4.78, 5) is 29.2. The molecule has 5 heteroatoms. The second-order valence-corrected chi connectivity index (χ2v) is 5.11. The molecule has 0 aliphatic carbocycles. The number of aromatic nitrogens is 1. The first-order valence-electron chi connectivity index (χ1n) is 6.45. The fourth-order valence-corrected chi connectivity index (χ4v) is 2.35. The topological polar surface area (TPSA) is 70.5 Å². The molecule has 2 rings (SSSR count). The number of carboxylic acids is 1. The second-order valence-electron chi connectivity index (χ2n) is 5.11. The van der Waals surface area contributed by atoms with Crippen LogP contribution in [0.1, 0.15) is 35.8 Å². The Labute approximate surface area is 112 Å². The smallest absolute Gasteiger partial charge is 0.308 e. The Morgan fingerprint density at radius 1 is 1.37 bits per heavy atom. The molecule has 1 aromatic rings. The minimum atomic E-state index is -0.827. The molecule has 1 saturated heterocycles. The number of carbonyl (C=O) groups excluding carboxylic acids is 1. The average molecular weight is 262 g/mol. The minimum absolute atomic E-state index is 0.0735. The Morgan fingerprint density at radius 3 is 2.68 bits per heavy atom. The zero-order chi connectivity index (χ0) is 14.0. The average Bonchev–Trinajstić information content (AvgIpc) is 2.39. The third-order valence-corrected chi connectivity index (χ3v) is 3.65. The summed E-state index contributed by atoms with van der Waals surface area (Å²) in [6, 6.07) is 3.60. The van der Waals surface area contributed by atoms with Crippen LogP contribution < -0.4 is 0 Å². The van der Waals surface area contributed by atoms with Gasteiger partial charge in [0.15, 0.2) is 0 Å². The summed E-state index contributed by atoms with van der Waals surface area (Å²) < 4.78 is 0. The summed E-state index contributed by atoms with van der Waals surface area (Å²) in [5, 5.41) is 9.08. The third kappa shape index (κ3) is 2.92. The van der Waals surface area contributed by atoms with Crippen molar-refractivity contribution in [3.63, 3.8) is 0 Å². The lowest BCUT2D eigenvalue weighted by atomic mass is 9.93. The maximum absolute atomic E-state index is 12.4. The first-order valence-corrected chi connectivity index (χ1v) is 6.45. The van der Waals surface area contributed by atoms with E-state index in [1.54, 1.807) is 23.2 Å². The Kier molecular flexibility index (Phi) is 3.83. The third-order valence-electron chi connectivity index (χ3n) is 3.65. The van der Waals surface area contributed by atoms with E-state index in [1.165, 1.54) is 0 Å². The molecule has 2 heterocycles. The molecule has 1 aromatic heterocycles. The Morgan fingerprint density at radius 2 is 2.11 bits per heavy atom. The SMILES string of the molecule is Cc1ccc(C(=O)N2CC(C(=O)O)CCC2C)cn1. The quantitative estimate of drug-likeness (QED) is 0.881. The van der Waals surface area contributed by atoms with Gasteiger partial charge < -0.3 is 10.0 Å². The van der Waals surface area contributed by atoms with Crippen LogP contribution in [0.3, 0.4) is 0 Å². The fourth-order valence-electron chi connectivity index (χ4n) is 2.35. The Balaban J connectivity index is 2.16. The largest absolute Gasteiger partial charge is 0.481 e. The molecule has 19 heavy (non-hydrogen) atoms. The van der Waals surface area contributed by atoms with Crippen molar-refractivity contribution >= 4 is 11.9 Å². The number of hydrogen-bond donors (Lipinski definition) is 1. The summed E-state index contributed by atoms with van der Waals surface area (Å²) in [6.45, 7) is 4.10. The fraction of sp³-hybridized carbons (Fsp3) is 0.500. The standard InChI is InChI=1S/C14H18N2O3/c1-9-3-5-11(7-15-9)13(17)16-8-12(14(18)19)6-4-10(16)2/h3,5,7,10,12H,4,6,8H2,1-2H3,(H,18,19). The highest BCUT2D eigenvalue weighted by atomic mass is 16.4. The van der Waals surface area contributed by atoms with E-state index in [0.29, 0.717) is 12.0 Å². The van der Waals surface area contributed by atoms with Gasteiger partial charge in [-0.15, -0.1) is 0 Å². The molecule has 0 radical (unpaired) electrons. The molecule has 2 atom stereocenters. The highest BCUT2D eigenvalue weighted by Gasteiger charge is 2.32.